The SMILES string of the molecule is Cc1ccc(NC(=O)C2(N)CCOCC2)cc1S(=O)(=O)N1CCCCCC1.Cl. The standard InChI is InChI=1S/C19H29N3O4S.ClH/c1-15-6-7-16(21-18(23)19(20)8-12-26-13-9-19)14-17(15)27(24,25)22-10-4-2-3-5-11-22;/h6-7,14H,2-5,8-13,20H2,1H3,(H,21,23);1H. The lowest BCUT2D eigenvalue weighted by Gasteiger charge is -2.31. The first-order chi connectivity index (χ1) is 12.8. The third-order valence-electron chi connectivity index (χ3n) is 5.47. The van der Waals surface area contributed by atoms with Gasteiger partial charge in [-0.2, -0.15) is 4.31 Å². The van der Waals surface area contributed by atoms with Gasteiger partial charge in [-0.05, 0) is 50.3 Å². The first-order valence-corrected chi connectivity index (χ1v) is 11.1. The molecular formula is C19H30ClN3O4S. The monoisotopic (exact) mass is 431 g/mol. The summed E-state index contributed by atoms with van der Waals surface area (Å²) in [4.78, 5) is 12.9. The predicted octanol–water partition coefficient (Wildman–Crippen LogP) is 2.43. The summed E-state index contributed by atoms with van der Waals surface area (Å²) in [5, 5.41) is 2.80. The van der Waals surface area contributed by atoms with Crippen molar-refractivity contribution in [2.24, 2.45) is 5.73 Å². The molecule has 0 unspecified atom stereocenters. The highest BCUT2D eigenvalue weighted by molar-refractivity contribution is 7.89. The number of hydrogen-bond acceptors (Lipinski definition) is 5. The molecule has 3 N–H and O–H groups in total. The average molecular weight is 432 g/mol. The molecule has 0 atom stereocenters. The van der Waals surface area contributed by atoms with Crippen LogP contribution in [-0.4, -0.2) is 50.5 Å². The van der Waals surface area contributed by atoms with Crippen molar-refractivity contribution in [1.29, 1.82) is 0 Å². The fourth-order valence-corrected chi connectivity index (χ4v) is 5.36. The molecule has 2 aliphatic rings. The van der Waals surface area contributed by atoms with Gasteiger partial charge in [0.2, 0.25) is 15.9 Å². The van der Waals surface area contributed by atoms with Gasteiger partial charge in [0.15, 0.2) is 0 Å². The van der Waals surface area contributed by atoms with Crippen LogP contribution in [0, 0.1) is 6.92 Å². The summed E-state index contributed by atoms with van der Waals surface area (Å²) in [5.41, 5.74) is 6.37. The molecule has 2 heterocycles. The molecule has 0 saturated carbocycles. The topological polar surface area (TPSA) is 102 Å². The Kier molecular flexibility index (Phi) is 7.87. The smallest absolute Gasteiger partial charge is 0.244 e. The van der Waals surface area contributed by atoms with Crippen molar-refractivity contribution >= 4 is 34.0 Å². The number of aryl methyl sites for hydroxylation is 1. The minimum absolute atomic E-state index is 0. The van der Waals surface area contributed by atoms with Crippen LogP contribution in [0.3, 0.4) is 0 Å². The Morgan fingerprint density at radius 1 is 1.14 bits per heavy atom. The van der Waals surface area contributed by atoms with Gasteiger partial charge < -0.3 is 15.8 Å². The lowest BCUT2D eigenvalue weighted by atomic mass is 9.90. The van der Waals surface area contributed by atoms with E-state index in [2.05, 4.69) is 5.32 Å². The van der Waals surface area contributed by atoms with Crippen LogP contribution in [0.1, 0.15) is 44.1 Å². The largest absolute Gasteiger partial charge is 0.381 e. The number of carbonyl (C=O) groups is 1. The van der Waals surface area contributed by atoms with E-state index < -0.39 is 15.6 Å². The van der Waals surface area contributed by atoms with Crippen LogP contribution in [0.15, 0.2) is 23.1 Å². The van der Waals surface area contributed by atoms with Gasteiger partial charge in [-0.3, -0.25) is 4.79 Å². The van der Waals surface area contributed by atoms with Crippen LogP contribution in [0.2, 0.25) is 0 Å². The summed E-state index contributed by atoms with van der Waals surface area (Å²) in [6, 6.07) is 5.00. The van der Waals surface area contributed by atoms with Gasteiger partial charge in [0.1, 0.15) is 5.54 Å². The molecule has 0 aromatic heterocycles. The molecule has 9 heteroatoms. The molecule has 0 radical (unpaired) electrons. The van der Waals surface area contributed by atoms with Gasteiger partial charge in [-0.15, -0.1) is 12.4 Å². The summed E-state index contributed by atoms with van der Waals surface area (Å²) in [6.07, 6.45) is 4.78. The van der Waals surface area contributed by atoms with Crippen molar-refractivity contribution in [1.82, 2.24) is 4.31 Å². The fourth-order valence-electron chi connectivity index (χ4n) is 3.60. The maximum Gasteiger partial charge on any atom is 0.244 e. The predicted molar refractivity (Wildman–Crippen MR) is 111 cm³/mol. The molecule has 2 fully saturated rings. The molecule has 0 aliphatic carbocycles. The number of amides is 1. The molecule has 0 bridgehead atoms. The maximum atomic E-state index is 13.1. The molecule has 1 amide bonds. The van der Waals surface area contributed by atoms with Crippen molar-refractivity contribution in [3.63, 3.8) is 0 Å². The van der Waals surface area contributed by atoms with Crippen LogP contribution in [0.5, 0.6) is 0 Å². The lowest BCUT2D eigenvalue weighted by molar-refractivity contribution is -0.124. The summed E-state index contributed by atoms with van der Waals surface area (Å²) < 4.78 is 33.1. The number of nitrogens with one attached hydrogen (secondary N) is 1. The highest BCUT2D eigenvalue weighted by Crippen LogP contribution is 2.27. The molecule has 1 aromatic rings. The quantitative estimate of drug-likeness (QED) is 0.762. The number of sulfonamides is 1. The number of carbonyl (C=O) groups excluding carboxylic acids is 1. The third-order valence-corrected chi connectivity index (χ3v) is 7.51. The van der Waals surface area contributed by atoms with Crippen molar-refractivity contribution in [2.45, 2.75) is 55.9 Å². The summed E-state index contributed by atoms with van der Waals surface area (Å²) in [6.45, 7) is 3.77. The number of hydrogen-bond donors (Lipinski definition) is 2. The second-order valence-electron chi connectivity index (χ2n) is 7.52. The Bertz CT molecular complexity index is 786. The Hall–Kier alpha value is -1.19. The van der Waals surface area contributed by atoms with Gasteiger partial charge in [0.05, 0.1) is 4.90 Å². The lowest BCUT2D eigenvalue weighted by Crippen LogP contribution is -2.54. The first-order valence-electron chi connectivity index (χ1n) is 9.62. The van der Waals surface area contributed by atoms with Gasteiger partial charge in [0.25, 0.3) is 0 Å². The number of anilines is 1. The second kappa shape index (κ2) is 9.54. The molecule has 1 aromatic carbocycles. The minimum atomic E-state index is -3.58. The van der Waals surface area contributed by atoms with Crippen molar-refractivity contribution in [3.8, 4) is 0 Å². The molecule has 2 saturated heterocycles. The van der Waals surface area contributed by atoms with Crippen LogP contribution in [-0.2, 0) is 19.6 Å². The van der Waals surface area contributed by atoms with Gasteiger partial charge in [-0.1, -0.05) is 18.9 Å². The molecular weight excluding hydrogens is 402 g/mol. The molecule has 0 spiro atoms. The highest BCUT2D eigenvalue weighted by Gasteiger charge is 2.36. The Labute approximate surface area is 173 Å². The van der Waals surface area contributed by atoms with E-state index in [9.17, 15) is 13.2 Å². The van der Waals surface area contributed by atoms with Crippen molar-refractivity contribution < 1.29 is 17.9 Å². The Morgan fingerprint density at radius 3 is 2.36 bits per heavy atom. The van der Waals surface area contributed by atoms with Crippen molar-refractivity contribution in [3.05, 3.63) is 23.8 Å². The number of nitrogens with zero attached hydrogens (tertiary/aromatic N) is 1. The summed E-state index contributed by atoms with van der Waals surface area (Å²) >= 11 is 0. The molecule has 3 rings (SSSR count). The summed E-state index contributed by atoms with van der Waals surface area (Å²) in [5.74, 6) is -0.298. The number of benzene rings is 1. The zero-order valence-electron chi connectivity index (χ0n) is 16.3. The van der Waals surface area contributed by atoms with E-state index in [-0.39, 0.29) is 23.2 Å². The fraction of sp³-hybridized carbons (Fsp3) is 0.632. The first kappa shape index (κ1) is 23.1. The van der Waals surface area contributed by atoms with E-state index >= 15 is 0 Å². The zero-order chi connectivity index (χ0) is 19.5. The molecule has 28 heavy (non-hydrogen) atoms. The maximum absolute atomic E-state index is 13.1. The summed E-state index contributed by atoms with van der Waals surface area (Å²) in [7, 11) is -3.58. The van der Waals surface area contributed by atoms with E-state index in [0.717, 1.165) is 25.7 Å². The zero-order valence-corrected chi connectivity index (χ0v) is 17.9. The van der Waals surface area contributed by atoms with Crippen LogP contribution < -0.4 is 11.1 Å². The average Bonchev–Trinajstić information content (AvgIpc) is 2.94. The van der Waals surface area contributed by atoms with E-state index in [1.54, 1.807) is 29.4 Å². The van der Waals surface area contributed by atoms with Gasteiger partial charge in [0, 0.05) is 32.0 Å². The number of halogens is 1. The van der Waals surface area contributed by atoms with E-state index in [0.29, 0.717) is 50.4 Å². The minimum Gasteiger partial charge on any atom is -0.381 e. The molecule has 158 valence electrons. The van der Waals surface area contributed by atoms with Crippen LogP contribution in [0.25, 0.3) is 0 Å². The third kappa shape index (κ3) is 5.04. The van der Waals surface area contributed by atoms with Crippen molar-refractivity contribution in [2.75, 3.05) is 31.6 Å². The second-order valence-corrected chi connectivity index (χ2v) is 9.43. The number of ether oxygens (including phenoxy) is 1. The van der Waals surface area contributed by atoms with Crippen LogP contribution >= 0.6 is 12.4 Å². The van der Waals surface area contributed by atoms with E-state index in [1.165, 1.54) is 0 Å². The Balaban J connectivity index is 0.00000280. The normalized spacial score (nSPS) is 20.6. The van der Waals surface area contributed by atoms with E-state index in [1.807, 2.05) is 0 Å². The molecule has 2 aliphatic heterocycles. The van der Waals surface area contributed by atoms with E-state index in [4.69, 9.17) is 10.5 Å². The number of rotatable bonds is 4. The Morgan fingerprint density at radius 2 is 1.75 bits per heavy atom. The van der Waals surface area contributed by atoms with Gasteiger partial charge in [-0.25, -0.2) is 8.42 Å². The molecule has 7 nitrogen and oxygen atoms in total. The van der Waals surface area contributed by atoms with Crippen LogP contribution in [0.4, 0.5) is 5.69 Å². The number of nitrogens with two attached hydrogens (primary N) is 1. The highest BCUT2D eigenvalue weighted by atomic mass is 35.5. The van der Waals surface area contributed by atoms with Gasteiger partial charge >= 0.3 is 0 Å².